The van der Waals surface area contributed by atoms with Gasteiger partial charge in [-0.3, -0.25) is 14.6 Å². The lowest BCUT2D eigenvalue weighted by molar-refractivity contribution is -0.126. The average molecular weight is 417 g/mol. The number of hydrogen-bond acceptors (Lipinski definition) is 5. The van der Waals surface area contributed by atoms with E-state index in [0.29, 0.717) is 48.9 Å². The first kappa shape index (κ1) is 21.0. The molecule has 29 heavy (non-hydrogen) atoms. The molecule has 0 atom stereocenters. The van der Waals surface area contributed by atoms with E-state index in [2.05, 4.69) is 15.3 Å². The summed E-state index contributed by atoms with van der Waals surface area (Å²) < 4.78 is 5.50. The van der Waals surface area contributed by atoms with Gasteiger partial charge in [-0.05, 0) is 44.4 Å². The highest BCUT2D eigenvalue weighted by molar-refractivity contribution is 6.32. The normalized spacial score (nSPS) is 14.7. The molecule has 8 heteroatoms. The minimum absolute atomic E-state index is 0.0147. The maximum Gasteiger partial charge on any atom is 0.255 e. The molecule has 1 fully saturated rings. The van der Waals surface area contributed by atoms with Crippen molar-refractivity contribution in [2.45, 2.75) is 39.3 Å². The number of halogens is 1. The highest BCUT2D eigenvalue weighted by Crippen LogP contribution is 2.25. The van der Waals surface area contributed by atoms with Gasteiger partial charge in [-0.1, -0.05) is 17.7 Å². The summed E-state index contributed by atoms with van der Waals surface area (Å²) in [5.74, 6) is 0.104. The summed E-state index contributed by atoms with van der Waals surface area (Å²) >= 11 is 6.19. The molecule has 3 heterocycles. The van der Waals surface area contributed by atoms with Crippen LogP contribution in [-0.4, -0.2) is 45.9 Å². The second-order valence-electron chi connectivity index (χ2n) is 7.32. The molecule has 1 N–H and O–H groups in total. The predicted octanol–water partition coefficient (Wildman–Crippen LogP) is 3.09. The van der Waals surface area contributed by atoms with Crippen LogP contribution in [-0.2, 0) is 11.3 Å². The van der Waals surface area contributed by atoms with Crippen LogP contribution in [0.3, 0.4) is 0 Å². The quantitative estimate of drug-likeness (QED) is 0.782. The van der Waals surface area contributed by atoms with Gasteiger partial charge in [0.05, 0.1) is 11.7 Å². The zero-order chi connectivity index (χ0) is 20.8. The topological polar surface area (TPSA) is 84.4 Å². The van der Waals surface area contributed by atoms with Crippen LogP contribution in [0.25, 0.3) is 0 Å². The van der Waals surface area contributed by atoms with E-state index < -0.39 is 0 Å². The molecular formula is C21H25ClN4O3. The summed E-state index contributed by atoms with van der Waals surface area (Å²) in [6.07, 6.45) is 6.12. The third kappa shape index (κ3) is 5.67. The molecule has 0 saturated carbocycles. The van der Waals surface area contributed by atoms with Crippen molar-refractivity contribution >= 4 is 23.4 Å². The molecule has 2 aromatic heterocycles. The SMILES string of the molecule is CC(C)Oc1ncc(C(=O)N2CCC(C(=O)NCc3cccnc3)CC2)cc1Cl. The first-order chi connectivity index (χ1) is 13.9. The molecule has 0 aromatic carbocycles. The van der Waals surface area contributed by atoms with Crippen LogP contribution in [0.4, 0.5) is 0 Å². The third-order valence-corrected chi connectivity index (χ3v) is 5.01. The van der Waals surface area contributed by atoms with Gasteiger partial charge in [-0.15, -0.1) is 0 Å². The number of rotatable bonds is 6. The van der Waals surface area contributed by atoms with E-state index in [-0.39, 0.29) is 23.8 Å². The van der Waals surface area contributed by atoms with Crippen LogP contribution >= 0.6 is 11.6 Å². The van der Waals surface area contributed by atoms with Gasteiger partial charge < -0.3 is 15.0 Å². The van der Waals surface area contributed by atoms with Gasteiger partial charge in [-0.25, -0.2) is 4.98 Å². The number of ether oxygens (including phenoxy) is 1. The van der Waals surface area contributed by atoms with E-state index >= 15 is 0 Å². The summed E-state index contributed by atoms with van der Waals surface area (Å²) in [7, 11) is 0. The van der Waals surface area contributed by atoms with E-state index in [9.17, 15) is 9.59 Å². The van der Waals surface area contributed by atoms with Gasteiger partial charge in [0.25, 0.3) is 5.91 Å². The van der Waals surface area contributed by atoms with Gasteiger partial charge in [0, 0.05) is 44.1 Å². The largest absolute Gasteiger partial charge is 0.474 e. The Bertz CT molecular complexity index is 852. The smallest absolute Gasteiger partial charge is 0.255 e. The van der Waals surface area contributed by atoms with Crippen LogP contribution in [0.1, 0.15) is 42.6 Å². The number of nitrogens with zero attached hydrogens (tertiary/aromatic N) is 3. The highest BCUT2D eigenvalue weighted by atomic mass is 35.5. The fraction of sp³-hybridized carbons (Fsp3) is 0.429. The lowest BCUT2D eigenvalue weighted by Gasteiger charge is -2.31. The molecule has 2 aromatic rings. The van der Waals surface area contributed by atoms with Crippen molar-refractivity contribution in [1.82, 2.24) is 20.2 Å². The van der Waals surface area contributed by atoms with Crippen LogP contribution < -0.4 is 10.1 Å². The second kappa shape index (κ2) is 9.69. The fourth-order valence-electron chi connectivity index (χ4n) is 3.22. The van der Waals surface area contributed by atoms with Crippen molar-refractivity contribution < 1.29 is 14.3 Å². The minimum Gasteiger partial charge on any atom is -0.474 e. The number of piperidine rings is 1. The Morgan fingerprint density at radius 3 is 2.69 bits per heavy atom. The number of likely N-dealkylation sites (tertiary alicyclic amines) is 1. The summed E-state index contributed by atoms with van der Waals surface area (Å²) in [6, 6.07) is 5.35. The van der Waals surface area contributed by atoms with Crippen molar-refractivity contribution in [1.29, 1.82) is 0 Å². The maximum atomic E-state index is 12.8. The number of carbonyl (C=O) groups is 2. The van der Waals surface area contributed by atoms with Crippen molar-refractivity contribution in [2.75, 3.05) is 13.1 Å². The number of pyridine rings is 2. The van der Waals surface area contributed by atoms with E-state index in [1.54, 1.807) is 23.4 Å². The Morgan fingerprint density at radius 2 is 2.07 bits per heavy atom. The summed E-state index contributed by atoms with van der Waals surface area (Å²) in [4.78, 5) is 35.1. The molecule has 0 spiro atoms. The van der Waals surface area contributed by atoms with E-state index in [0.717, 1.165) is 5.56 Å². The zero-order valence-corrected chi connectivity index (χ0v) is 17.4. The van der Waals surface area contributed by atoms with Gasteiger partial charge >= 0.3 is 0 Å². The molecule has 0 bridgehead atoms. The van der Waals surface area contributed by atoms with E-state index in [1.807, 2.05) is 26.0 Å². The Hall–Kier alpha value is -2.67. The van der Waals surface area contributed by atoms with E-state index in [1.165, 1.54) is 6.20 Å². The standard InChI is InChI=1S/C21H25ClN4O3/c1-14(2)29-20-18(22)10-17(13-25-20)21(28)26-8-5-16(6-9-26)19(27)24-12-15-4-3-7-23-11-15/h3-4,7,10-11,13-14,16H,5-6,8-9,12H2,1-2H3,(H,24,27). The van der Waals surface area contributed by atoms with Gasteiger partial charge in [0.1, 0.15) is 5.02 Å². The van der Waals surface area contributed by atoms with Gasteiger partial charge in [0.2, 0.25) is 11.8 Å². The van der Waals surface area contributed by atoms with Crippen LogP contribution in [0, 0.1) is 5.92 Å². The van der Waals surface area contributed by atoms with Crippen molar-refractivity contribution in [3.63, 3.8) is 0 Å². The van der Waals surface area contributed by atoms with Crippen LogP contribution in [0.2, 0.25) is 5.02 Å². The summed E-state index contributed by atoms with van der Waals surface area (Å²) in [5, 5.41) is 3.26. The average Bonchev–Trinajstić information content (AvgIpc) is 2.73. The Kier molecular flexibility index (Phi) is 7.04. The Morgan fingerprint density at radius 1 is 1.31 bits per heavy atom. The molecule has 1 aliphatic rings. The molecule has 1 aliphatic heterocycles. The molecule has 7 nitrogen and oxygen atoms in total. The minimum atomic E-state index is -0.135. The molecule has 3 rings (SSSR count). The molecular weight excluding hydrogens is 392 g/mol. The van der Waals surface area contributed by atoms with Crippen LogP contribution in [0.5, 0.6) is 5.88 Å². The van der Waals surface area contributed by atoms with Gasteiger partial charge in [0.15, 0.2) is 0 Å². The monoisotopic (exact) mass is 416 g/mol. The van der Waals surface area contributed by atoms with Crippen molar-refractivity contribution in [3.05, 3.63) is 52.9 Å². The second-order valence-corrected chi connectivity index (χ2v) is 7.73. The number of aromatic nitrogens is 2. The molecule has 154 valence electrons. The summed E-state index contributed by atoms with van der Waals surface area (Å²) in [6.45, 7) is 5.26. The number of hydrogen-bond donors (Lipinski definition) is 1. The fourth-order valence-corrected chi connectivity index (χ4v) is 3.43. The number of carbonyl (C=O) groups excluding carboxylic acids is 2. The number of nitrogens with one attached hydrogen (secondary N) is 1. The maximum absolute atomic E-state index is 12.8. The Balaban J connectivity index is 1.51. The molecule has 2 amide bonds. The Labute approximate surface area is 175 Å². The lowest BCUT2D eigenvalue weighted by atomic mass is 9.95. The highest BCUT2D eigenvalue weighted by Gasteiger charge is 2.28. The molecule has 0 unspecified atom stereocenters. The molecule has 0 radical (unpaired) electrons. The van der Waals surface area contributed by atoms with E-state index in [4.69, 9.17) is 16.3 Å². The lowest BCUT2D eigenvalue weighted by Crippen LogP contribution is -2.43. The van der Waals surface area contributed by atoms with Crippen molar-refractivity contribution in [3.8, 4) is 5.88 Å². The predicted molar refractivity (Wildman–Crippen MR) is 110 cm³/mol. The van der Waals surface area contributed by atoms with Gasteiger partial charge in [-0.2, -0.15) is 0 Å². The first-order valence-electron chi connectivity index (χ1n) is 9.72. The van der Waals surface area contributed by atoms with Crippen molar-refractivity contribution in [2.24, 2.45) is 5.92 Å². The summed E-state index contributed by atoms with van der Waals surface area (Å²) in [5.41, 5.74) is 1.38. The molecule has 1 saturated heterocycles. The number of amides is 2. The third-order valence-electron chi connectivity index (χ3n) is 4.74. The zero-order valence-electron chi connectivity index (χ0n) is 16.6. The molecule has 0 aliphatic carbocycles. The van der Waals surface area contributed by atoms with Crippen LogP contribution in [0.15, 0.2) is 36.8 Å². The first-order valence-corrected chi connectivity index (χ1v) is 10.1.